The van der Waals surface area contributed by atoms with Crippen LogP contribution in [0.5, 0.6) is 0 Å². The lowest BCUT2D eigenvalue weighted by atomic mass is 10.00. The number of aromatic amines is 1. The molecule has 4 N–H and O–H groups in total. The van der Waals surface area contributed by atoms with Gasteiger partial charge in [-0.2, -0.15) is 0 Å². The van der Waals surface area contributed by atoms with Gasteiger partial charge in [-0.15, -0.1) is 10.2 Å². The third kappa shape index (κ3) is 6.93. The Morgan fingerprint density at radius 3 is 2.71 bits per heavy atom. The van der Waals surface area contributed by atoms with Crippen LogP contribution in [0.2, 0.25) is 0 Å². The van der Waals surface area contributed by atoms with E-state index in [1.807, 2.05) is 54.7 Å². The number of carbonyl (C=O) groups excluding carboxylic acids is 1. The van der Waals surface area contributed by atoms with Crippen LogP contribution >= 0.6 is 0 Å². The second-order valence-corrected chi connectivity index (χ2v) is 11.2. The Bertz CT molecular complexity index is 1680. The van der Waals surface area contributed by atoms with Gasteiger partial charge in [0.15, 0.2) is 5.82 Å². The zero-order chi connectivity index (χ0) is 29.5. The first-order valence-corrected chi connectivity index (χ1v) is 14.3. The Kier molecular flexibility index (Phi) is 8.79. The van der Waals surface area contributed by atoms with Crippen molar-refractivity contribution in [2.45, 2.75) is 51.2 Å². The molecule has 0 aliphatic heterocycles. The second kappa shape index (κ2) is 12.8. The highest BCUT2D eigenvalue weighted by Gasteiger charge is 2.30. The Morgan fingerprint density at radius 1 is 1.14 bits per heavy atom. The van der Waals surface area contributed by atoms with E-state index in [2.05, 4.69) is 69.0 Å². The van der Waals surface area contributed by atoms with Gasteiger partial charge in [0.05, 0.1) is 18.1 Å². The van der Waals surface area contributed by atoms with Crippen molar-refractivity contribution in [1.29, 1.82) is 0 Å². The highest BCUT2D eigenvalue weighted by molar-refractivity contribution is 5.86. The molecule has 0 bridgehead atoms. The number of para-hydroxylation sites is 1. The van der Waals surface area contributed by atoms with Crippen molar-refractivity contribution in [1.82, 2.24) is 25.1 Å². The monoisotopic (exact) mass is 558 g/mol. The molecule has 7 nitrogen and oxygen atoms in total. The molecule has 5 rings (SSSR count). The maximum absolute atomic E-state index is 13.3. The zero-order valence-corrected chi connectivity index (χ0v) is 24.3. The minimum absolute atomic E-state index is 0.248. The molecule has 1 aliphatic rings. The molecule has 2 aromatic heterocycles. The van der Waals surface area contributed by atoms with Gasteiger partial charge < -0.3 is 20.6 Å². The number of hydrogen-bond donors (Lipinski definition) is 3. The molecule has 2 heterocycles. The van der Waals surface area contributed by atoms with Crippen LogP contribution in [0.1, 0.15) is 49.1 Å². The molecule has 0 fully saturated rings. The fourth-order valence-electron chi connectivity index (χ4n) is 5.11. The van der Waals surface area contributed by atoms with Crippen LogP contribution < -0.4 is 11.1 Å². The first-order valence-electron chi connectivity index (χ1n) is 14.3. The molecular weight excluding hydrogens is 520 g/mol. The Labute approximate surface area is 247 Å². The first kappa shape index (κ1) is 28.8. The summed E-state index contributed by atoms with van der Waals surface area (Å²) in [5, 5.41) is 13.7. The van der Waals surface area contributed by atoms with Crippen LogP contribution in [0, 0.1) is 0 Å². The predicted molar refractivity (Wildman–Crippen MR) is 170 cm³/mol. The van der Waals surface area contributed by atoms with Crippen LogP contribution in [0.15, 0.2) is 121 Å². The van der Waals surface area contributed by atoms with Crippen molar-refractivity contribution < 1.29 is 4.79 Å². The number of allylic oxidation sites excluding steroid dienone is 9. The van der Waals surface area contributed by atoms with Crippen molar-refractivity contribution in [2.75, 3.05) is 0 Å². The molecule has 0 spiro atoms. The van der Waals surface area contributed by atoms with E-state index >= 15 is 0 Å². The molecule has 0 unspecified atom stereocenters. The SMILES string of the molecule is C=C/C=C\C=C1/C=C(Cn2c(Cc3ccccc3)nnc2[C@@H](Cc2c[nH]c3ccccc23)NC(=O)C(C)(C)N)C=CC1. The number of rotatable bonds is 11. The van der Waals surface area contributed by atoms with Crippen LogP contribution in [-0.2, 0) is 24.2 Å². The first-order chi connectivity index (χ1) is 20.3. The molecule has 1 atom stereocenters. The summed E-state index contributed by atoms with van der Waals surface area (Å²) in [6.45, 7) is 7.74. The maximum Gasteiger partial charge on any atom is 0.240 e. The molecule has 4 aromatic rings. The maximum atomic E-state index is 13.3. The van der Waals surface area contributed by atoms with Gasteiger partial charge in [0.2, 0.25) is 5.91 Å². The predicted octanol–water partition coefficient (Wildman–Crippen LogP) is 6.04. The molecule has 214 valence electrons. The van der Waals surface area contributed by atoms with Crippen LogP contribution in [0.25, 0.3) is 10.9 Å². The number of nitrogens with zero attached hydrogens (tertiary/aromatic N) is 3. The number of aromatic nitrogens is 4. The average molecular weight is 559 g/mol. The third-order valence-corrected chi connectivity index (χ3v) is 7.32. The number of amides is 1. The summed E-state index contributed by atoms with van der Waals surface area (Å²) in [7, 11) is 0. The smallest absolute Gasteiger partial charge is 0.240 e. The summed E-state index contributed by atoms with van der Waals surface area (Å²) in [6.07, 6.45) is 18.3. The van der Waals surface area contributed by atoms with Crippen LogP contribution in [-0.4, -0.2) is 31.2 Å². The molecule has 1 amide bonds. The van der Waals surface area contributed by atoms with Crippen LogP contribution in [0.3, 0.4) is 0 Å². The normalized spacial score (nSPS) is 15.3. The Morgan fingerprint density at radius 2 is 1.93 bits per heavy atom. The summed E-state index contributed by atoms with van der Waals surface area (Å²) >= 11 is 0. The van der Waals surface area contributed by atoms with Gasteiger partial charge in [0.25, 0.3) is 0 Å². The van der Waals surface area contributed by atoms with Gasteiger partial charge in [0, 0.05) is 29.9 Å². The number of carbonyl (C=O) groups is 1. The van der Waals surface area contributed by atoms with Crippen molar-refractivity contribution in [3.8, 4) is 0 Å². The summed E-state index contributed by atoms with van der Waals surface area (Å²) < 4.78 is 2.15. The van der Waals surface area contributed by atoms with Crippen molar-refractivity contribution >= 4 is 16.8 Å². The largest absolute Gasteiger partial charge is 0.361 e. The quantitative estimate of drug-likeness (QED) is 0.195. The van der Waals surface area contributed by atoms with E-state index in [-0.39, 0.29) is 5.91 Å². The van der Waals surface area contributed by atoms with E-state index in [1.165, 1.54) is 5.57 Å². The van der Waals surface area contributed by atoms with Crippen molar-refractivity contribution in [3.63, 3.8) is 0 Å². The summed E-state index contributed by atoms with van der Waals surface area (Å²) in [5.41, 5.74) is 10.8. The summed E-state index contributed by atoms with van der Waals surface area (Å²) in [5.74, 6) is 1.28. The highest BCUT2D eigenvalue weighted by Crippen LogP contribution is 2.27. The number of H-pyrrole nitrogens is 1. The standard InChI is InChI=1S/C35H38N6O/c1-4-5-7-13-25-16-12-17-27(20-25)24-41-32(21-26-14-8-6-9-15-26)39-40-33(41)31(38-34(42)35(2,3)36)22-28-23-37-30-19-11-10-18-29(28)30/h4-15,17-20,23,31,37H,1,16,21-22,24,36H2,2-3H3,(H,38,42)/b7-5-,25-13-/t31-/m1/s1. The van der Waals surface area contributed by atoms with Gasteiger partial charge in [-0.05, 0) is 48.6 Å². The van der Waals surface area contributed by atoms with Gasteiger partial charge in [-0.25, -0.2) is 0 Å². The van der Waals surface area contributed by atoms with Crippen molar-refractivity contribution in [3.05, 3.63) is 144 Å². The topological polar surface area (TPSA) is 102 Å². The minimum Gasteiger partial charge on any atom is -0.361 e. The molecule has 0 saturated carbocycles. The number of benzene rings is 2. The number of nitrogens with one attached hydrogen (secondary N) is 2. The van der Waals surface area contributed by atoms with E-state index in [1.54, 1.807) is 19.9 Å². The molecule has 0 saturated heterocycles. The second-order valence-electron chi connectivity index (χ2n) is 11.2. The fraction of sp³-hybridized carbons (Fsp3) is 0.229. The number of nitrogens with two attached hydrogens (primary N) is 1. The average Bonchev–Trinajstić information content (AvgIpc) is 3.57. The number of hydrogen-bond acceptors (Lipinski definition) is 4. The van der Waals surface area contributed by atoms with E-state index in [0.29, 0.717) is 25.2 Å². The molecule has 0 radical (unpaired) electrons. The zero-order valence-electron chi connectivity index (χ0n) is 24.3. The van der Waals surface area contributed by atoms with E-state index in [9.17, 15) is 4.79 Å². The summed E-state index contributed by atoms with van der Waals surface area (Å²) in [6, 6.07) is 18.0. The van der Waals surface area contributed by atoms with E-state index in [0.717, 1.165) is 39.8 Å². The van der Waals surface area contributed by atoms with Gasteiger partial charge in [-0.1, -0.05) is 97.6 Å². The highest BCUT2D eigenvalue weighted by atomic mass is 16.2. The lowest BCUT2D eigenvalue weighted by molar-refractivity contribution is -0.126. The molecular formula is C35H38N6O. The third-order valence-electron chi connectivity index (χ3n) is 7.32. The molecule has 7 heteroatoms. The van der Waals surface area contributed by atoms with E-state index < -0.39 is 11.6 Å². The Hall–Kier alpha value is -4.75. The van der Waals surface area contributed by atoms with E-state index in [4.69, 9.17) is 10.8 Å². The van der Waals surface area contributed by atoms with Gasteiger partial charge >= 0.3 is 0 Å². The number of fused-ring (bicyclic) bond motifs is 1. The summed E-state index contributed by atoms with van der Waals surface area (Å²) in [4.78, 5) is 16.6. The molecule has 42 heavy (non-hydrogen) atoms. The van der Waals surface area contributed by atoms with Gasteiger partial charge in [0.1, 0.15) is 5.82 Å². The van der Waals surface area contributed by atoms with Crippen molar-refractivity contribution in [2.24, 2.45) is 5.73 Å². The lowest BCUT2D eigenvalue weighted by Crippen LogP contribution is -2.50. The lowest BCUT2D eigenvalue weighted by Gasteiger charge is -2.25. The minimum atomic E-state index is -1.05. The molecule has 2 aromatic carbocycles. The van der Waals surface area contributed by atoms with Gasteiger partial charge in [-0.3, -0.25) is 4.79 Å². The Balaban J connectivity index is 1.56. The fourth-order valence-corrected chi connectivity index (χ4v) is 5.11. The van der Waals surface area contributed by atoms with Crippen LogP contribution in [0.4, 0.5) is 0 Å². The molecule has 1 aliphatic carbocycles.